The molecular formula is C30H28F2N10S2. The summed E-state index contributed by atoms with van der Waals surface area (Å²) in [5.74, 6) is 0.509. The van der Waals surface area contributed by atoms with Crippen molar-refractivity contribution in [2.75, 3.05) is 26.2 Å². The number of benzene rings is 2. The molecule has 44 heavy (non-hydrogen) atoms. The molecule has 2 atom stereocenters. The van der Waals surface area contributed by atoms with Crippen LogP contribution in [0.2, 0.25) is 0 Å². The molecule has 1 saturated heterocycles. The fourth-order valence-corrected chi connectivity index (χ4v) is 7.16. The third-order valence-corrected chi connectivity index (χ3v) is 9.58. The molecule has 7 rings (SSSR count). The maximum atomic E-state index is 15.4. The molecule has 0 radical (unpaired) electrons. The second kappa shape index (κ2) is 12.8. The second-order valence-corrected chi connectivity index (χ2v) is 12.5. The van der Waals surface area contributed by atoms with Crippen LogP contribution in [-0.2, 0) is 13.1 Å². The van der Waals surface area contributed by atoms with Crippen LogP contribution in [0.5, 0.6) is 0 Å². The molecule has 14 heteroatoms. The van der Waals surface area contributed by atoms with Crippen molar-refractivity contribution in [2.24, 2.45) is 0 Å². The van der Waals surface area contributed by atoms with Gasteiger partial charge in [-0.2, -0.15) is 0 Å². The lowest BCUT2D eigenvalue weighted by Crippen LogP contribution is -2.50. The largest absolute Gasteiger partial charge is 0.287 e. The Kier molecular flexibility index (Phi) is 8.29. The van der Waals surface area contributed by atoms with Crippen LogP contribution >= 0.6 is 22.7 Å². The minimum absolute atomic E-state index is 0.317. The first kappa shape index (κ1) is 28.5. The summed E-state index contributed by atoms with van der Waals surface area (Å²) in [6, 6.07) is 20.5. The molecule has 5 heterocycles. The molecule has 1 aliphatic heterocycles. The topological polar surface area (TPSA) is 93.7 Å². The van der Waals surface area contributed by atoms with Crippen molar-refractivity contribution in [2.45, 2.75) is 25.2 Å². The Labute approximate surface area is 260 Å². The highest BCUT2D eigenvalue weighted by molar-refractivity contribution is 7.10. The van der Waals surface area contributed by atoms with Gasteiger partial charge in [0, 0.05) is 47.1 Å². The van der Waals surface area contributed by atoms with Crippen molar-refractivity contribution in [3.8, 4) is 0 Å². The molecule has 1 aliphatic rings. The summed E-state index contributed by atoms with van der Waals surface area (Å²) in [6.07, 6.45) is 0. The van der Waals surface area contributed by atoms with Crippen LogP contribution < -0.4 is 0 Å². The molecule has 0 amide bonds. The predicted octanol–water partition coefficient (Wildman–Crippen LogP) is 4.65. The van der Waals surface area contributed by atoms with Gasteiger partial charge in [0.1, 0.15) is 23.7 Å². The molecule has 1 fully saturated rings. The van der Waals surface area contributed by atoms with E-state index >= 15 is 8.78 Å². The molecule has 0 unspecified atom stereocenters. The molecular weight excluding hydrogens is 603 g/mol. The van der Waals surface area contributed by atoms with Gasteiger partial charge in [0.2, 0.25) is 0 Å². The van der Waals surface area contributed by atoms with E-state index in [1.54, 1.807) is 56.3 Å². The smallest absolute Gasteiger partial charge is 0.173 e. The zero-order chi connectivity index (χ0) is 29.9. The molecule has 2 aromatic carbocycles. The van der Waals surface area contributed by atoms with Crippen molar-refractivity contribution in [3.05, 3.63) is 128 Å². The van der Waals surface area contributed by atoms with Gasteiger partial charge in [-0.15, -0.1) is 32.9 Å². The number of rotatable bonds is 10. The van der Waals surface area contributed by atoms with Crippen LogP contribution in [-0.4, -0.2) is 76.4 Å². The van der Waals surface area contributed by atoms with E-state index < -0.39 is 12.1 Å². The monoisotopic (exact) mass is 630 g/mol. The van der Waals surface area contributed by atoms with Gasteiger partial charge < -0.3 is 0 Å². The Morgan fingerprint density at radius 1 is 0.591 bits per heavy atom. The lowest BCUT2D eigenvalue weighted by Gasteiger charge is -2.41. The van der Waals surface area contributed by atoms with Crippen LogP contribution in [0.1, 0.15) is 44.6 Å². The van der Waals surface area contributed by atoms with Gasteiger partial charge in [0.15, 0.2) is 11.6 Å². The Balaban J connectivity index is 1.20. The molecule has 0 bridgehead atoms. The summed E-state index contributed by atoms with van der Waals surface area (Å²) in [4.78, 5) is 6.59. The average Bonchev–Trinajstić information content (AvgIpc) is 3.88. The maximum absolute atomic E-state index is 15.4. The fraction of sp³-hybridized carbons (Fsp3) is 0.267. The number of aromatic nitrogens is 8. The van der Waals surface area contributed by atoms with E-state index in [0.29, 0.717) is 62.0 Å². The van der Waals surface area contributed by atoms with E-state index in [0.717, 1.165) is 9.75 Å². The van der Waals surface area contributed by atoms with E-state index in [-0.39, 0.29) is 11.6 Å². The molecule has 0 saturated carbocycles. The number of hydrogen-bond acceptors (Lipinski definition) is 10. The van der Waals surface area contributed by atoms with Crippen LogP contribution in [0.3, 0.4) is 0 Å². The van der Waals surface area contributed by atoms with Crippen LogP contribution in [0, 0.1) is 11.6 Å². The van der Waals surface area contributed by atoms with Crippen LogP contribution in [0.25, 0.3) is 0 Å². The van der Waals surface area contributed by atoms with Gasteiger partial charge in [0.05, 0.1) is 13.1 Å². The summed E-state index contributed by atoms with van der Waals surface area (Å²) in [5.41, 5.74) is 1.02. The lowest BCUT2D eigenvalue weighted by molar-refractivity contribution is 0.0805. The number of nitrogens with zero attached hydrogens (tertiary/aromatic N) is 10. The maximum Gasteiger partial charge on any atom is 0.173 e. The van der Waals surface area contributed by atoms with E-state index in [1.807, 2.05) is 47.2 Å². The number of halogens is 2. The predicted molar refractivity (Wildman–Crippen MR) is 162 cm³/mol. The van der Waals surface area contributed by atoms with Gasteiger partial charge in [-0.3, -0.25) is 9.80 Å². The number of hydrogen-bond donors (Lipinski definition) is 0. The van der Waals surface area contributed by atoms with Gasteiger partial charge in [-0.1, -0.05) is 48.5 Å². The number of thiophene rings is 2. The van der Waals surface area contributed by atoms with Crippen LogP contribution in [0.4, 0.5) is 8.78 Å². The summed E-state index contributed by atoms with van der Waals surface area (Å²) in [7, 11) is 0. The summed E-state index contributed by atoms with van der Waals surface area (Å²) in [5, 5.41) is 29.3. The molecule has 224 valence electrons. The molecule has 0 spiro atoms. The highest BCUT2D eigenvalue weighted by Crippen LogP contribution is 2.34. The standard InChI is InChI=1S/C30H28F2N10S2/c31-25-11-3-1-9-23(25)27(29-33-35-37-41(29)19-21-7-5-17-43-21)39-13-15-40(16-14-39)28(24-10-2-4-12-26(24)32)30-34-36-38-42(30)20-22-8-6-18-44-22/h1-12,17-18,27-28H,13-16,19-20H2/t27-,28-/m0/s1. The van der Waals surface area contributed by atoms with E-state index in [2.05, 4.69) is 40.9 Å². The lowest BCUT2D eigenvalue weighted by atomic mass is 10.00. The van der Waals surface area contributed by atoms with Crippen molar-refractivity contribution in [1.82, 2.24) is 50.2 Å². The number of piperazine rings is 1. The van der Waals surface area contributed by atoms with Gasteiger partial charge in [0.25, 0.3) is 0 Å². The Morgan fingerprint density at radius 2 is 1.02 bits per heavy atom. The Hall–Kier alpha value is -4.24. The SMILES string of the molecule is Fc1ccccc1[C@@H](c1nnnn1Cc1cccs1)N1CCN([C@@H](c2ccccc2F)c2nnnn2Cc2cccs2)CC1. The summed E-state index contributed by atoms with van der Waals surface area (Å²) < 4.78 is 34.2. The molecule has 6 aromatic rings. The first-order valence-electron chi connectivity index (χ1n) is 14.2. The Bertz CT molecular complexity index is 1660. The number of tetrazole rings is 2. The van der Waals surface area contributed by atoms with E-state index in [9.17, 15) is 0 Å². The molecule has 10 nitrogen and oxygen atoms in total. The average molecular weight is 631 g/mol. The van der Waals surface area contributed by atoms with Gasteiger partial charge in [-0.05, 0) is 55.9 Å². The molecule has 4 aromatic heterocycles. The zero-order valence-corrected chi connectivity index (χ0v) is 25.2. The first-order chi connectivity index (χ1) is 21.7. The van der Waals surface area contributed by atoms with Crippen molar-refractivity contribution < 1.29 is 8.78 Å². The molecule has 0 N–H and O–H groups in total. The highest BCUT2D eigenvalue weighted by atomic mass is 32.1. The molecule has 0 aliphatic carbocycles. The van der Waals surface area contributed by atoms with Gasteiger partial charge >= 0.3 is 0 Å². The van der Waals surface area contributed by atoms with Gasteiger partial charge in [-0.25, -0.2) is 18.1 Å². The third-order valence-electron chi connectivity index (χ3n) is 7.86. The second-order valence-electron chi connectivity index (χ2n) is 10.5. The zero-order valence-electron chi connectivity index (χ0n) is 23.5. The summed E-state index contributed by atoms with van der Waals surface area (Å²) >= 11 is 3.24. The van der Waals surface area contributed by atoms with Crippen molar-refractivity contribution >= 4 is 22.7 Å². The normalized spacial score (nSPS) is 15.9. The van der Waals surface area contributed by atoms with Crippen LogP contribution in [0.15, 0.2) is 83.6 Å². The Morgan fingerprint density at radius 3 is 1.41 bits per heavy atom. The van der Waals surface area contributed by atoms with E-state index in [1.165, 1.54) is 12.1 Å². The third kappa shape index (κ3) is 5.80. The van der Waals surface area contributed by atoms with Crippen molar-refractivity contribution in [3.63, 3.8) is 0 Å². The highest BCUT2D eigenvalue weighted by Gasteiger charge is 2.37. The minimum Gasteiger partial charge on any atom is -0.287 e. The van der Waals surface area contributed by atoms with E-state index in [4.69, 9.17) is 0 Å². The first-order valence-corrected chi connectivity index (χ1v) is 16.0. The quantitative estimate of drug-likeness (QED) is 0.216. The van der Waals surface area contributed by atoms with Crippen molar-refractivity contribution in [1.29, 1.82) is 0 Å². The fourth-order valence-electron chi connectivity index (χ4n) is 5.79. The summed E-state index contributed by atoms with van der Waals surface area (Å²) in [6.45, 7) is 3.22. The minimum atomic E-state index is -0.510.